The summed E-state index contributed by atoms with van der Waals surface area (Å²) in [6.07, 6.45) is 2.40. The fraction of sp³-hybridized carbons (Fsp3) is 0.462. The molecule has 3 rings (SSSR count). The number of fused-ring (bicyclic) bond motifs is 1. The normalized spacial score (nSPS) is 23.2. The van der Waals surface area contributed by atoms with E-state index in [-0.39, 0.29) is 5.92 Å². The number of anilines is 1. The van der Waals surface area contributed by atoms with Gasteiger partial charge in [-0.15, -0.1) is 11.3 Å². The van der Waals surface area contributed by atoms with E-state index in [2.05, 4.69) is 9.97 Å². The topological polar surface area (TPSA) is 66.3 Å². The molecule has 2 aromatic rings. The molecule has 0 aromatic carbocycles. The largest absolute Gasteiger partial charge is 0.480 e. The third-order valence-corrected chi connectivity index (χ3v) is 4.62. The number of hydrogen-bond acceptors (Lipinski definition) is 5. The van der Waals surface area contributed by atoms with E-state index < -0.39 is 12.0 Å². The van der Waals surface area contributed by atoms with Gasteiger partial charge in [0.25, 0.3) is 0 Å². The van der Waals surface area contributed by atoms with Crippen LogP contribution in [-0.4, -0.2) is 33.6 Å². The summed E-state index contributed by atoms with van der Waals surface area (Å²) in [5.74, 6) is 0.122. The van der Waals surface area contributed by atoms with Crippen molar-refractivity contribution in [1.82, 2.24) is 9.97 Å². The minimum atomic E-state index is -0.774. The Hall–Kier alpha value is -1.69. The third kappa shape index (κ3) is 1.96. The summed E-state index contributed by atoms with van der Waals surface area (Å²) in [5.41, 5.74) is 0. The first-order valence-electron chi connectivity index (χ1n) is 6.28. The molecule has 1 N–H and O–H groups in total. The molecule has 0 saturated carbocycles. The number of aliphatic carboxylic acids is 1. The second-order valence-electron chi connectivity index (χ2n) is 5.02. The van der Waals surface area contributed by atoms with Crippen LogP contribution in [0.5, 0.6) is 0 Å². The van der Waals surface area contributed by atoms with Crippen LogP contribution < -0.4 is 4.90 Å². The summed E-state index contributed by atoms with van der Waals surface area (Å²) in [6, 6.07) is 1.55. The Balaban J connectivity index is 2.11. The Morgan fingerprint density at radius 1 is 1.53 bits per heavy atom. The summed E-state index contributed by atoms with van der Waals surface area (Å²) >= 11 is 1.61. The highest BCUT2D eigenvalue weighted by atomic mass is 32.1. The number of nitrogens with zero attached hydrogens (tertiary/aromatic N) is 3. The molecular weight excluding hydrogens is 262 g/mol. The lowest BCUT2D eigenvalue weighted by Crippen LogP contribution is -2.39. The van der Waals surface area contributed by atoms with Crippen LogP contribution in [0.15, 0.2) is 12.4 Å². The molecular formula is C13H15N3O2S. The molecule has 0 bridgehead atoms. The summed E-state index contributed by atoms with van der Waals surface area (Å²) in [6.45, 7) is 4.74. The number of carboxylic acid groups (broad SMARTS) is 1. The van der Waals surface area contributed by atoms with Crippen LogP contribution in [0.1, 0.15) is 18.2 Å². The van der Waals surface area contributed by atoms with Gasteiger partial charge in [0.05, 0.1) is 5.39 Å². The fourth-order valence-corrected chi connectivity index (χ4v) is 3.60. The number of aryl methyl sites for hydroxylation is 1. The molecule has 1 saturated heterocycles. The van der Waals surface area contributed by atoms with Crippen LogP contribution in [0, 0.1) is 12.8 Å². The fourth-order valence-electron chi connectivity index (χ4n) is 2.75. The molecule has 2 unspecified atom stereocenters. The number of hydrogen-bond donors (Lipinski definition) is 1. The number of aromatic nitrogens is 2. The molecule has 0 radical (unpaired) electrons. The van der Waals surface area contributed by atoms with Crippen LogP contribution in [0.3, 0.4) is 0 Å². The predicted molar refractivity (Wildman–Crippen MR) is 74.7 cm³/mol. The van der Waals surface area contributed by atoms with Gasteiger partial charge >= 0.3 is 5.97 Å². The SMILES string of the molecule is Cc1cc2c(N3CCC(C)C3C(=O)O)ncnc2s1. The van der Waals surface area contributed by atoms with Crippen molar-refractivity contribution in [1.29, 1.82) is 0 Å². The molecule has 6 heteroatoms. The van der Waals surface area contributed by atoms with Crippen molar-refractivity contribution in [2.75, 3.05) is 11.4 Å². The third-order valence-electron chi connectivity index (χ3n) is 3.66. The van der Waals surface area contributed by atoms with Crippen molar-refractivity contribution < 1.29 is 9.90 Å². The van der Waals surface area contributed by atoms with E-state index in [1.807, 2.05) is 24.8 Å². The smallest absolute Gasteiger partial charge is 0.326 e. The molecule has 19 heavy (non-hydrogen) atoms. The summed E-state index contributed by atoms with van der Waals surface area (Å²) in [4.78, 5) is 24.0. The van der Waals surface area contributed by atoms with Gasteiger partial charge in [0.2, 0.25) is 0 Å². The van der Waals surface area contributed by atoms with Gasteiger partial charge in [-0.3, -0.25) is 0 Å². The number of carbonyl (C=O) groups is 1. The second-order valence-corrected chi connectivity index (χ2v) is 6.25. The van der Waals surface area contributed by atoms with Gasteiger partial charge in [0, 0.05) is 11.4 Å². The maximum absolute atomic E-state index is 11.5. The molecule has 0 amide bonds. The van der Waals surface area contributed by atoms with Crippen LogP contribution >= 0.6 is 11.3 Å². The summed E-state index contributed by atoms with van der Waals surface area (Å²) < 4.78 is 0. The molecule has 1 aliphatic rings. The van der Waals surface area contributed by atoms with E-state index >= 15 is 0 Å². The van der Waals surface area contributed by atoms with E-state index in [0.717, 1.165) is 33.9 Å². The van der Waals surface area contributed by atoms with Crippen molar-refractivity contribution >= 4 is 33.3 Å². The van der Waals surface area contributed by atoms with Crippen molar-refractivity contribution in [2.45, 2.75) is 26.3 Å². The molecule has 3 heterocycles. The molecule has 0 spiro atoms. The van der Waals surface area contributed by atoms with Crippen LogP contribution in [0.25, 0.3) is 10.2 Å². The summed E-state index contributed by atoms with van der Waals surface area (Å²) in [7, 11) is 0. The van der Waals surface area contributed by atoms with Crippen molar-refractivity contribution in [3.8, 4) is 0 Å². The van der Waals surface area contributed by atoms with Gasteiger partial charge < -0.3 is 10.0 Å². The van der Waals surface area contributed by atoms with E-state index in [9.17, 15) is 9.90 Å². The molecule has 100 valence electrons. The van der Waals surface area contributed by atoms with Crippen molar-refractivity contribution in [3.05, 3.63) is 17.3 Å². The monoisotopic (exact) mass is 277 g/mol. The predicted octanol–water partition coefficient (Wildman–Crippen LogP) is 2.30. The lowest BCUT2D eigenvalue weighted by molar-refractivity contribution is -0.139. The highest BCUT2D eigenvalue weighted by Gasteiger charge is 2.38. The van der Waals surface area contributed by atoms with E-state index in [1.54, 1.807) is 11.3 Å². The maximum Gasteiger partial charge on any atom is 0.326 e. The first kappa shape index (κ1) is 12.3. The van der Waals surface area contributed by atoms with Gasteiger partial charge in [-0.1, -0.05) is 6.92 Å². The molecule has 2 atom stereocenters. The Morgan fingerprint density at radius 3 is 3.05 bits per heavy atom. The van der Waals surface area contributed by atoms with Crippen molar-refractivity contribution in [3.63, 3.8) is 0 Å². The van der Waals surface area contributed by atoms with Gasteiger partial charge in [0.1, 0.15) is 23.0 Å². The molecule has 1 fully saturated rings. The standard InChI is InChI=1S/C13H15N3O2S/c1-7-3-4-16(10(7)13(17)18)11-9-5-8(2)19-12(9)15-6-14-11/h5-7,10H,3-4H2,1-2H3,(H,17,18). The quantitative estimate of drug-likeness (QED) is 0.912. The maximum atomic E-state index is 11.5. The first-order valence-corrected chi connectivity index (χ1v) is 7.10. The number of thiophene rings is 1. The number of carboxylic acids is 1. The molecule has 0 aliphatic carbocycles. The Morgan fingerprint density at radius 2 is 2.32 bits per heavy atom. The molecule has 5 nitrogen and oxygen atoms in total. The van der Waals surface area contributed by atoms with Gasteiger partial charge in [-0.05, 0) is 25.3 Å². The Labute approximate surface area is 114 Å². The lowest BCUT2D eigenvalue weighted by atomic mass is 10.0. The highest BCUT2D eigenvalue weighted by Crippen LogP contribution is 2.35. The zero-order chi connectivity index (χ0) is 13.6. The zero-order valence-corrected chi connectivity index (χ0v) is 11.6. The van der Waals surface area contributed by atoms with Crippen molar-refractivity contribution in [2.24, 2.45) is 5.92 Å². The molecule has 2 aromatic heterocycles. The average molecular weight is 277 g/mol. The second kappa shape index (κ2) is 4.45. The van der Waals surface area contributed by atoms with Gasteiger partial charge in [-0.2, -0.15) is 0 Å². The minimum Gasteiger partial charge on any atom is -0.480 e. The van der Waals surface area contributed by atoms with Gasteiger partial charge in [0.15, 0.2) is 0 Å². The lowest BCUT2D eigenvalue weighted by Gasteiger charge is -2.24. The van der Waals surface area contributed by atoms with Crippen LogP contribution in [-0.2, 0) is 4.79 Å². The van der Waals surface area contributed by atoms with Gasteiger partial charge in [-0.25, -0.2) is 14.8 Å². The number of rotatable bonds is 2. The highest BCUT2D eigenvalue weighted by molar-refractivity contribution is 7.18. The van der Waals surface area contributed by atoms with E-state index in [4.69, 9.17) is 0 Å². The Kier molecular flexibility index (Phi) is 2.89. The van der Waals surface area contributed by atoms with E-state index in [0.29, 0.717) is 0 Å². The zero-order valence-electron chi connectivity index (χ0n) is 10.8. The minimum absolute atomic E-state index is 0.141. The first-order chi connectivity index (χ1) is 9.08. The van der Waals surface area contributed by atoms with Crippen LogP contribution in [0.4, 0.5) is 5.82 Å². The molecule has 1 aliphatic heterocycles. The summed E-state index contributed by atoms with van der Waals surface area (Å²) in [5, 5.41) is 10.4. The van der Waals surface area contributed by atoms with E-state index in [1.165, 1.54) is 6.33 Å². The average Bonchev–Trinajstić information content (AvgIpc) is 2.90. The van der Waals surface area contributed by atoms with Crippen LogP contribution in [0.2, 0.25) is 0 Å². The Bertz CT molecular complexity index is 640.